The molecule has 1 aliphatic rings. The summed E-state index contributed by atoms with van der Waals surface area (Å²) in [5.41, 5.74) is 1.49. The minimum Gasteiger partial charge on any atom is -0.363 e. The zero-order chi connectivity index (χ0) is 20.9. The highest BCUT2D eigenvalue weighted by atomic mass is 32.1. The first kappa shape index (κ1) is 19.9. The third-order valence-electron chi connectivity index (χ3n) is 4.84. The summed E-state index contributed by atoms with van der Waals surface area (Å²) in [6.45, 7) is 3.46. The fraction of sp³-hybridized carbons (Fsp3) is 0.250. The van der Waals surface area contributed by atoms with Crippen molar-refractivity contribution >= 4 is 34.3 Å². The van der Waals surface area contributed by atoms with Crippen molar-refractivity contribution in [2.45, 2.75) is 6.54 Å². The van der Waals surface area contributed by atoms with Crippen LogP contribution in [0.1, 0.15) is 14.8 Å². The van der Waals surface area contributed by atoms with Crippen LogP contribution in [-0.2, 0) is 6.54 Å². The van der Waals surface area contributed by atoms with E-state index in [1.807, 2.05) is 41.3 Å². The van der Waals surface area contributed by atoms with Crippen LogP contribution in [0.15, 0.2) is 54.6 Å². The van der Waals surface area contributed by atoms with Crippen LogP contribution < -0.4 is 10.2 Å². The summed E-state index contributed by atoms with van der Waals surface area (Å²) in [6.07, 6.45) is 0. The van der Waals surface area contributed by atoms with Gasteiger partial charge < -0.3 is 10.2 Å². The Kier molecular flexibility index (Phi) is 5.96. The molecule has 1 fully saturated rings. The van der Waals surface area contributed by atoms with Crippen LogP contribution in [0.3, 0.4) is 0 Å². The molecule has 1 aromatic heterocycles. The highest BCUT2D eigenvalue weighted by Crippen LogP contribution is 2.28. The number of nitrogens with one attached hydrogen (secondary N) is 1. The predicted octanol–water partition coefficient (Wildman–Crippen LogP) is 3.02. The number of nitro benzene ring substituents is 1. The monoisotopic (exact) mass is 424 g/mol. The molecule has 1 amide bonds. The minimum absolute atomic E-state index is 0.129. The van der Waals surface area contributed by atoms with Gasteiger partial charge in [-0.15, -0.1) is 10.2 Å². The predicted molar refractivity (Wildman–Crippen MR) is 115 cm³/mol. The molecule has 0 aliphatic carbocycles. The number of carbonyl (C=O) groups excluding carboxylic acids is 1. The Hall–Kier alpha value is -3.37. The molecule has 0 spiro atoms. The third-order valence-corrected chi connectivity index (χ3v) is 5.75. The number of piperazine rings is 1. The molecule has 2 aromatic carbocycles. The van der Waals surface area contributed by atoms with Gasteiger partial charge in [0.25, 0.3) is 11.6 Å². The van der Waals surface area contributed by atoms with Crippen LogP contribution in [0.5, 0.6) is 0 Å². The number of rotatable bonds is 6. The van der Waals surface area contributed by atoms with E-state index < -0.39 is 0 Å². The summed E-state index contributed by atoms with van der Waals surface area (Å²) in [5, 5.41) is 23.3. The van der Waals surface area contributed by atoms with Gasteiger partial charge in [0.2, 0.25) is 5.01 Å². The van der Waals surface area contributed by atoms with E-state index in [4.69, 9.17) is 0 Å². The number of nitrogens with zero attached hydrogens (tertiary/aromatic N) is 5. The van der Waals surface area contributed by atoms with Crippen molar-refractivity contribution in [2.24, 2.45) is 0 Å². The number of amides is 1. The third kappa shape index (κ3) is 4.61. The van der Waals surface area contributed by atoms with Gasteiger partial charge in [0.15, 0.2) is 0 Å². The van der Waals surface area contributed by atoms with Crippen molar-refractivity contribution in [3.05, 3.63) is 74.7 Å². The quantitative estimate of drug-likeness (QED) is 0.479. The molecule has 4 rings (SSSR count). The van der Waals surface area contributed by atoms with Crippen molar-refractivity contribution in [3.8, 4) is 0 Å². The van der Waals surface area contributed by atoms with Crippen LogP contribution in [0, 0.1) is 10.1 Å². The molecule has 0 saturated carbocycles. The molecule has 0 atom stereocenters. The number of hydrogen-bond acceptors (Lipinski definition) is 8. The number of para-hydroxylation sites is 3. The largest absolute Gasteiger partial charge is 0.363 e. The van der Waals surface area contributed by atoms with E-state index >= 15 is 0 Å². The van der Waals surface area contributed by atoms with E-state index in [1.54, 1.807) is 12.1 Å². The summed E-state index contributed by atoms with van der Waals surface area (Å²) < 4.78 is 0. The second kappa shape index (κ2) is 8.97. The lowest BCUT2D eigenvalue weighted by Crippen LogP contribution is -2.46. The summed E-state index contributed by atoms with van der Waals surface area (Å²) in [4.78, 5) is 27.5. The molecule has 30 heavy (non-hydrogen) atoms. The number of benzene rings is 2. The number of anilines is 2. The molecule has 1 saturated heterocycles. The van der Waals surface area contributed by atoms with Gasteiger partial charge in [0.05, 0.1) is 11.5 Å². The highest BCUT2D eigenvalue weighted by molar-refractivity contribution is 7.13. The summed E-state index contributed by atoms with van der Waals surface area (Å²) in [5.74, 6) is -0.272. The average molecular weight is 424 g/mol. The molecule has 154 valence electrons. The molecule has 1 aliphatic heterocycles. The maximum Gasteiger partial charge on any atom is 0.292 e. The fourth-order valence-electron chi connectivity index (χ4n) is 3.34. The van der Waals surface area contributed by atoms with Gasteiger partial charge in [-0.05, 0) is 18.2 Å². The van der Waals surface area contributed by atoms with Gasteiger partial charge in [-0.1, -0.05) is 41.7 Å². The summed E-state index contributed by atoms with van der Waals surface area (Å²) in [6, 6.07) is 16.0. The molecule has 0 unspecified atom stereocenters. The van der Waals surface area contributed by atoms with Gasteiger partial charge in [0, 0.05) is 37.9 Å². The second-order valence-electron chi connectivity index (χ2n) is 6.83. The van der Waals surface area contributed by atoms with Crippen molar-refractivity contribution < 1.29 is 9.72 Å². The first-order valence-corrected chi connectivity index (χ1v) is 10.3. The molecule has 0 radical (unpaired) electrons. The zero-order valence-corrected chi connectivity index (χ0v) is 16.9. The Balaban J connectivity index is 1.33. The van der Waals surface area contributed by atoms with Gasteiger partial charge in [-0.3, -0.25) is 19.8 Å². The smallest absolute Gasteiger partial charge is 0.292 e. The number of nitro groups is 1. The lowest BCUT2D eigenvalue weighted by molar-refractivity contribution is -0.384. The Bertz CT molecular complexity index is 1030. The Morgan fingerprint density at radius 3 is 2.47 bits per heavy atom. The maximum absolute atomic E-state index is 12.3. The topological polar surface area (TPSA) is 104 Å². The van der Waals surface area contributed by atoms with E-state index in [2.05, 4.69) is 20.4 Å². The number of hydrogen-bond donors (Lipinski definition) is 1. The SMILES string of the molecule is O=C(Nc1ccccc1)c1nnc(CN2CCN(c3ccccc3[N+](=O)[O-])CC2)s1. The Morgan fingerprint density at radius 2 is 1.73 bits per heavy atom. The van der Waals surface area contributed by atoms with Gasteiger partial charge >= 0.3 is 0 Å². The van der Waals surface area contributed by atoms with Gasteiger partial charge in [-0.2, -0.15) is 0 Å². The van der Waals surface area contributed by atoms with Crippen LogP contribution in [-0.4, -0.2) is 52.1 Å². The normalized spacial score (nSPS) is 14.5. The molecule has 0 bridgehead atoms. The first-order chi connectivity index (χ1) is 14.6. The van der Waals surface area contributed by atoms with Crippen LogP contribution in [0.4, 0.5) is 17.1 Å². The number of carbonyl (C=O) groups is 1. The summed E-state index contributed by atoms with van der Waals surface area (Å²) in [7, 11) is 0. The van der Waals surface area contributed by atoms with Crippen molar-refractivity contribution in [3.63, 3.8) is 0 Å². The summed E-state index contributed by atoms with van der Waals surface area (Å²) >= 11 is 1.28. The lowest BCUT2D eigenvalue weighted by Gasteiger charge is -2.35. The molecule has 10 heteroatoms. The van der Waals surface area contributed by atoms with E-state index in [0.717, 1.165) is 18.1 Å². The second-order valence-corrected chi connectivity index (χ2v) is 7.89. The van der Waals surface area contributed by atoms with Gasteiger partial charge in [0.1, 0.15) is 10.7 Å². The molecule has 2 heterocycles. The standard InChI is InChI=1S/C20H20N6O3S/c27-19(21-15-6-2-1-3-7-15)20-23-22-18(30-20)14-24-10-12-25(13-11-24)16-8-4-5-9-17(16)26(28)29/h1-9H,10-14H2,(H,21,27). The van der Waals surface area contributed by atoms with Crippen molar-refractivity contribution in [1.29, 1.82) is 0 Å². The zero-order valence-electron chi connectivity index (χ0n) is 16.1. The van der Waals surface area contributed by atoms with E-state index in [9.17, 15) is 14.9 Å². The molecular formula is C20H20N6O3S. The van der Waals surface area contributed by atoms with Crippen molar-refractivity contribution in [1.82, 2.24) is 15.1 Å². The van der Waals surface area contributed by atoms with E-state index in [0.29, 0.717) is 36.0 Å². The molecule has 1 N–H and O–H groups in total. The average Bonchev–Trinajstić information content (AvgIpc) is 3.24. The molecule has 9 nitrogen and oxygen atoms in total. The van der Waals surface area contributed by atoms with Gasteiger partial charge in [-0.25, -0.2) is 0 Å². The first-order valence-electron chi connectivity index (χ1n) is 9.49. The maximum atomic E-state index is 12.3. The van der Waals surface area contributed by atoms with E-state index in [-0.39, 0.29) is 16.5 Å². The van der Waals surface area contributed by atoms with Crippen molar-refractivity contribution in [2.75, 3.05) is 36.4 Å². The number of aromatic nitrogens is 2. The molecular weight excluding hydrogens is 404 g/mol. The van der Waals surface area contributed by atoms with Crippen LogP contribution in [0.25, 0.3) is 0 Å². The van der Waals surface area contributed by atoms with Crippen LogP contribution in [0.2, 0.25) is 0 Å². The Morgan fingerprint density at radius 1 is 1.03 bits per heavy atom. The minimum atomic E-state index is -0.342. The van der Waals surface area contributed by atoms with E-state index in [1.165, 1.54) is 17.4 Å². The molecule has 3 aromatic rings. The highest BCUT2D eigenvalue weighted by Gasteiger charge is 2.24. The Labute approximate surface area is 177 Å². The van der Waals surface area contributed by atoms with Crippen LogP contribution >= 0.6 is 11.3 Å². The fourth-order valence-corrected chi connectivity index (χ4v) is 4.12. The lowest BCUT2D eigenvalue weighted by atomic mass is 10.2.